The molecule has 13 heteroatoms. The Morgan fingerprint density at radius 3 is 2.41 bits per heavy atom. The molecule has 12 nitrogen and oxygen atoms in total. The number of hydrogen-bond donors (Lipinski definition) is 2. The predicted molar refractivity (Wildman–Crippen MR) is 125 cm³/mol. The number of benzene rings is 1. The zero-order chi connectivity index (χ0) is 24.8. The number of methoxy groups -OCH3 is 1. The average molecular weight is 489 g/mol. The molecule has 34 heavy (non-hydrogen) atoms. The molecule has 3 heterocycles. The number of para-hydroxylation sites is 1. The summed E-state index contributed by atoms with van der Waals surface area (Å²) in [6.45, 7) is 2.89. The summed E-state index contributed by atoms with van der Waals surface area (Å²) in [5.41, 5.74) is -0.614. The molecule has 0 radical (unpaired) electrons. The van der Waals surface area contributed by atoms with Crippen molar-refractivity contribution in [1.82, 2.24) is 29.1 Å². The van der Waals surface area contributed by atoms with E-state index in [1.807, 2.05) is 24.3 Å². The van der Waals surface area contributed by atoms with Crippen LogP contribution in [0.25, 0.3) is 15.5 Å². The fourth-order valence-corrected chi connectivity index (χ4v) is 4.08. The van der Waals surface area contributed by atoms with Gasteiger partial charge in [-0.2, -0.15) is 10.2 Å². The van der Waals surface area contributed by atoms with Crippen LogP contribution < -0.4 is 16.0 Å². The first kappa shape index (κ1) is 24.8. The summed E-state index contributed by atoms with van der Waals surface area (Å²) in [6.07, 6.45) is 3.19. The van der Waals surface area contributed by atoms with Crippen LogP contribution in [0.4, 0.5) is 0 Å². The van der Waals surface area contributed by atoms with Crippen molar-refractivity contribution in [2.24, 2.45) is 0 Å². The molecule has 4 rings (SSSR count). The molecule has 0 amide bonds. The van der Waals surface area contributed by atoms with Gasteiger partial charge >= 0.3 is 11.7 Å². The van der Waals surface area contributed by atoms with Crippen LogP contribution >= 0.6 is 11.3 Å². The molecule has 0 unspecified atom stereocenters. The Morgan fingerprint density at radius 2 is 1.79 bits per heavy atom. The fraction of sp³-hybridized carbons (Fsp3) is 0.333. The molecule has 0 aliphatic rings. The molecule has 4 aromatic rings. The SMILES string of the molecule is CC(C)O.COc1ccccc1CCn1c(=O)n(CC(=O)O)c(=O)c2nc(-n3nccn3)sc21. The van der Waals surface area contributed by atoms with E-state index in [9.17, 15) is 14.4 Å². The highest BCUT2D eigenvalue weighted by molar-refractivity contribution is 7.20. The monoisotopic (exact) mass is 488 g/mol. The van der Waals surface area contributed by atoms with E-state index in [2.05, 4.69) is 15.2 Å². The molecule has 0 bridgehead atoms. The van der Waals surface area contributed by atoms with Gasteiger partial charge in [0.05, 0.1) is 19.5 Å². The van der Waals surface area contributed by atoms with Crippen molar-refractivity contribution >= 4 is 27.7 Å². The van der Waals surface area contributed by atoms with E-state index in [4.69, 9.17) is 14.9 Å². The Hall–Kier alpha value is -3.84. The highest BCUT2D eigenvalue weighted by Crippen LogP contribution is 2.22. The number of fused-ring (bicyclic) bond motifs is 1. The quantitative estimate of drug-likeness (QED) is 0.386. The van der Waals surface area contributed by atoms with Crippen molar-refractivity contribution in [3.05, 3.63) is 63.1 Å². The van der Waals surface area contributed by atoms with Crippen LogP contribution in [0.5, 0.6) is 5.75 Å². The molecule has 0 saturated heterocycles. The van der Waals surface area contributed by atoms with Crippen molar-refractivity contribution in [2.75, 3.05) is 7.11 Å². The lowest BCUT2D eigenvalue weighted by molar-refractivity contribution is -0.137. The third kappa shape index (κ3) is 5.55. The second kappa shape index (κ2) is 10.9. The minimum absolute atomic E-state index is 0.00632. The van der Waals surface area contributed by atoms with Gasteiger partial charge in [0.2, 0.25) is 5.13 Å². The van der Waals surface area contributed by atoms with Gasteiger partial charge in [-0.1, -0.05) is 29.5 Å². The molecule has 1 aromatic carbocycles. The van der Waals surface area contributed by atoms with Crippen LogP contribution in [0, 0.1) is 0 Å². The summed E-state index contributed by atoms with van der Waals surface area (Å²) in [6, 6.07) is 7.38. The first-order valence-corrected chi connectivity index (χ1v) is 11.1. The lowest BCUT2D eigenvalue weighted by atomic mass is 10.1. The summed E-state index contributed by atoms with van der Waals surface area (Å²) in [5, 5.41) is 25.5. The minimum Gasteiger partial charge on any atom is -0.496 e. The number of carbonyl (C=O) groups is 1. The summed E-state index contributed by atoms with van der Waals surface area (Å²) in [5.74, 6) is -0.625. The lowest BCUT2D eigenvalue weighted by Crippen LogP contribution is -2.41. The molecule has 0 fully saturated rings. The van der Waals surface area contributed by atoms with Crippen molar-refractivity contribution in [3.8, 4) is 10.9 Å². The first-order valence-electron chi connectivity index (χ1n) is 10.3. The van der Waals surface area contributed by atoms with E-state index in [1.54, 1.807) is 21.0 Å². The number of aromatic nitrogens is 6. The Morgan fingerprint density at radius 1 is 1.15 bits per heavy atom. The molecular formula is C21H24N6O6S. The van der Waals surface area contributed by atoms with Crippen LogP contribution in [-0.4, -0.2) is 58.5 Å². The standard InChI is InChI=1S/C18H16N6O5S.C3H8O/c1-29-12-5-3-2-4-11(12)6-9-22-16-14(15(27)23(18(22)28)10-13(25)26)21-17(30-16)24-19-7-8-20-24;1-3(2)4/h2-5,7-8H,6,9-10H2,1H3,(H,25,26);3-4H,1-2H3. The molecule has 0 aliphatic heterocycles. The zero-order valence-corrected chi connectivity index (χ0v) is 19.6. The van der Waals surface area contributed by atoms with Gasteiger partial charge in [-0.05, 0) is 31.9 Å². The number of rotatable bonds is 7. The number of aliphatic carboxylic acids is 1. The maximum absolute atomic E-state index is 13.0. The van der Waals surface area contributed by atoms with Crippen LogP contribution in [0.3, 0.4) is 0 Å². The molecule has 0 saturated carbocycles. The topological polar surface area (TPSA) is 154 Å². The second-order valence-corrected chi connectivity index (χ2v) is 8.30. The van der Waals surface area contributed by atoms with E-state index < -0.39 is 23.8 Å². The minimum atomic E-state index is -1.30. The van der Waals surface area contributed by atoms with Gasteiger partial charge in [-0.3, -0.25) is 14.2 Å². The molecule has 3 aromatic heterocycles. The fourth-order valence-electron chi connectivity index (χ4n) is 3.08. The van der Waals surface area contributed by atoms with Crippen molar-refractivity contribution in [2.45, 2.75) is 39.5 Å². The average Bonchev–Trinajstić information content (AvgIpc) is 3.46. The molecule has 180 valence electrons. The smallest absolute Gasteiger partial charge is 0.332 e. The largest absolute Gasteiger partial charge is 0.496 e. The van der Waals surface area contributed by atoms with Gasteiger partial charge in [0.15, 0.2) is 5.52 Å². The van der Waals surface area contributed by atoms with E-state index in [0.717, 1.165) is 16.9 Å². The highest BCUT2D eigenvalue weighted by atomic mass is 32.1. The van der Waals surface area contributed by atoms with E-state index >= 15 is 0 Å². The van der Waals surface area contributed by atoms with E-state index in [1.165, 1.54) is 21.8 Å². The number of thiazole rings is 1. The van der Waals surface area contributed by atoms with Gasteiger partial charge in [0.25, 0.3) is 5.56 Å². The van der Waals surface area contributed by atoms with Crippen LogP contribution in [-0.2, 0) is 24.3 Å². The first-order chi connectivity index (χ1) is 16.2. The van der Waals surface area contributed by atoms with Gasteiger partial charge < -0.3 is 14.9 Å². The Labute approximate surface area is 197 Å². The predicted octanol–water partition coefficient (Wildman–Crippen LogP) is 0.923. The number of aliphatic hydroxyl groups excluding tert-OH is 1. The van der Waals surface area contributed by atoms with Gasteiger partial charge in [-0.15, -0.1) is 4.80 Å². The Kier molecular flexibility index (Phi) is 7.91. The number of aliphatic hydroxyl groups is 1. The van der Waals surface area contributed by atoms with Crippen LogP contribution in [0.1, 0.15) is 19.4 Å². The second-order valence-electron chi connectivity index (χ2n) is 7.34. The molecule has 0 atom stereocenters. The maximum Gasteiger partial charge on any atom is 0.332 e. The summed E-state index contributed by atoms with van der Waals surface area (Å²) >= 11 is 1.08. The number of nitrogens with zero attached hydrogens (tertiary/aromatic N) is 6. The molecule has 0 aliphatic carbocycles. The van der Waals surface area contributed by atoms with Crippen LogP contribution in [0.2, 0.25) is 0 Å². The normalized spacial score (nSPS) is 10.9. The Bertz CT molecular complexity index is 1390. The molecule has 0 spiro atoms. The van der Waals surface area contributed by atoms with Crippen molar-refractivity contribution in [3.63, 3.8) is 0 Å². The number of carboxylic acids is 1. The maximum atomic E-state index is 13.0. The number of ether oxygens (including phenoxy) is 1. The highest BCUT2D eigenvalue weighted by Gasteiger charge is 2.20. The molecular weight excluding hydrogens is 464 g/mol. The third-order valence-corrected chi connectivity index (χ3v) is 5.48. The van der Waals surface area contributed by atoms with E-state index in [0.29, 0.717) is 26.7 Å². The Balaban J connectivity index is 0.000000751. The third-order valence-electron chi connectivity index (χ3n) is 4.43. The summed E-state index contributed by atoms with van der Waals surface area (Å²) < 4.78 is 7.38. The lowest BCUT2D eigenvalue weighted by Gasteiger charge is -2.12. The molecule has 2 N–H and O–H groups in total. The van der Waals surface area contributed by atoms with E-state index in [-0.39, 0.29) is 18.2 Å². The number of carboxylic acid groups (broad SMARTS) is 1. The van der Waals surface area contributed by atoms with Crippen LogP contribution in [0.15, 0.2) is 46.2 Å². The van der Waals surface area contributed by atoms with Gasteiger partial charge in [0.1, 0.15) is 17.1 Å². The summed E-state index contributed by atoms with van der Waals surface area (Å²) in [7, 11) is 1.56. The zero-order valence-electron chi connectivity index (χ0n) is 18.8. The summed E-state index contributed by atoms with van der Waals surface area (Å²) in [4.78, 5) is 42.8. The van der Waals surface area contributed by atoms with Gasteiger partial charge in [-0.25, -0.2) is 14.3 Å². The number of hydrogen-bond acceptors (Lipinski definition) is 9. The van der Waals surface area contributed by atoms with Crippen molar-refractivity contribution < 1.29 is 19.7 Å². The van der Waals surface area contributed by atoms with Crippen molar-refractivity contribution in [1.29, 1.82) is 0 Å². The number of aryl methyl sites for hydroxylation is 2. The van der Waals surface area contributed by atoms with Gasteiger partial charge in [0, 0.05) is 12.6 Å².